The summed E-state index contributed by atoms with van der Waals surface area (Å²) in [7, 11) is -3.43. The second kappa shape index (κ2) is 5.67. The largest absolute Gasteiger partial charge is 0.323 e. The number of nitrogens with zero attached hydrogens (tertiary/aromatic N) is 1. The number of nitrogens with two attached hydrogens (primary N) is 1. The van der Waals surface area contributed by atoms with Crippen LogP contribution in [0.2, 0.25) is 0 Å². The predicted octanol–water partition coefficient (Wildman–Crippen LogP) is 1.82. The zero-order valence-electron chi connectivity index (χ0n) is 10.2. The summed E-state index contributed by atoms with van der Waals surface area (Å²) < 4.78 is 24.5. The maximum Gasteiger partial charge on any atom is 0.184 e. The van der Waals surface area contributed by atoms with Gasteiger partial charge in [0.1, 0.15) is 0 Å². The molecule has 2 aromatic carbocycles. The smallest absolute Gasteiger partial charge is 0.184 e. The predicted molar refractivity (Wildman–Crippen MR) is 75.7 cm³/mol. The standard InChI is InChI=1S/C14H14N2O2S/c15-16-14(12-7-3-1-4-8-12)11-19(17,18)13-9-5-2-6-10-13/h1-10H,11,15H2/b16-14+. The van der Waals surface area contributed by atoms with E-state index in [1.54, 1.807) is 42.5 Å². The lowest BCUT2D eigenvalue weighted by molar-refractivity contribution is 0.600. The topological polar surface area (TPSA) is 72.5 Å². The Kier molecular flexibility index (Phi) is 3.97. The van der Waals surface area contributed by atoms with E-state index in [9.17, 15) is 8.42 Å². The molecule has 0 bridgehead atoms. The average Bonchev–Trinajstić information content (AvgIpc) is 2.47. The van der Waals surface area contributed by atoms with E-state index in [2.05, 4.69) is 5.10 Å². The summed E-state index contributed by atoms with van der Waals surface area (Å²) in [4.78, 5) is 0.270. The minimum atomic E-state index is -3.43. The summed E-state index contributed by atoms with van der Waals surface area (Å²) in [6.45, 7) is 0. The van der Waals surface area contributed by atoms with Crippen molar-refractivity contribution in [2.45, 2.75) is 4.90 Å². The lowest BCUT2D eigenvalue weighted by Gasteiger charge is -2.07. The van der Waals surface area contributed by atoms with E-state index in [0.717, 1.165) is 0 Å². The maximum atomic E-state index is 12.2. The Bertz CT molecular complexity index is 665. The van der Waals surface area contributed by atoms with Gasteiger partial charge in [0.05, 0.1) is 16.4 Å². The molecule has 0 heterocycles. The van der Waals surface area contributed by atoms with Crippen LogP contribution in [0.3, 0.4) is 0 Å². The maximum absolute atomic E-state index is 12.2. The molecule has 0 saturated heterocycles. The van der Waals surface area contributed by atoms with Crippen LogP contribution >= 0.6 is 0 Å². The van der Waals surface area contributed by atoms with E-state index in [1.165, 1.54) is 0 Å². The monoisotopic (exact) mass is 274 g/mol. The first kappa shape index (κ1) is 13.3. The normalized spacial score (nSPS) is 12.3. The molecule has 0 radical (unpaired) electrons. The van der Waals surface area contributed by atoms with Gasteiger partial charge in [0.2, 0.25) is 0 Å². The van der Waals surface area contributed by atoms with Crippen molar-refractivity contribution in [1.29, 1.82) is 0 Å². The molecule has 0 aliphatic heterocycles. The van der Waals surface area contributed by atoms with Gasteiger partial charge >= 0.3 is 0 Å². The van der Waals surface area contributed by atoms with Gasteiger partial charge in [-0.05, 0) is 17.7 Å². The molecule has 0 saturated carbocycles. The average molecular weight is 274 g/mol. The van der Waals surface area contributed by atoms with Crippen LogP contribution in [0.15, 0.2) is 70.7 Å². The van der Waals surface area contributed by atoms with Gasteiger partial charge in [-0.3, -0.25) is 0 Å². The van der Waals surface area contributed by atoms with E-state index in [4.69, 9.17) is 5.84 Å². The zero-order chi connectivity index (χ0) is 13.7. The summed E-state index contributed by atoms with van der Waals surface area (Å²) in [6, 6.07) is 17.3. The molecule has 0 aliphatic carbocycles. The van der Waals surface area contributed by atoms with Crippen LogP contribution < -0.4 is 5.84 Å². The molecule has 5 heteroatoms. The molecule has 2 rings (SSSR count). The molecule has 4 nitrogen and oxygen atoms in total. The Morgan fingerprint density at radius 3 is 2.00 bits per heavy atom. The molecule has 0 amide bonds. The molecule has 19 heavy (non-hydrogen) atoms. The Balaban J connectivity index is 2.30. The summed E-state index contributed by atoms with van der Waals surface area (Å²) in [5, 5.41) is 3.61. The Hall–Kier alpha value is -2.14. The molecule has 2 N–H and O–H groups in total. The van der Waals surface area contributed by atoms with Crippen LogP contribution in [0, 0.1) is 0 Å². The van der Waals surface area contributed by atoms with Crippen molar-refractivity contribution in [1.82, 2.24) is 0 Å². The highest BCUT2D eigenvalue weighted by molar-refractivity contribution is 7.92. The number of sulfone groups is 1. The van der Waals surface area contributed by atoms with Gasteiger partial charge in [0.15, 0.2) is 9.84 Å². The van der Waals surface area contributed by atoms with E-state index in [-0.39, 0.29) is 10.6 Å². The SMILES string of the molecule is N/N=C(\CS(=O)(=O)c1ccccc1)c1ccccc1. The summed E-state index contributed by atoms with van der Waals surface area (Å²) in [6.07, 6.45) is 0. The van der Waals surface area contributed by atoms with Crippen molar-refractivity contribution in [2.75, 3.05) is 5.75 Å². The van der Waals surface area contributed by atoms with Gasteiger partial charge in [0, 0.05) is 0 Å². The Labute approximate surface area is 112 Å². The van der Waals surface area contributed by atoms with Crippen molar-refractivity contribution < 1.29 is 8.42 Å². The van der Waals surface area contributed by atoms with Crippen molar-refractivity contribution in [3.05, 3.63) is 66.2 Å². The van der Waals surface area contributed by atoms with Crippen molar-refractivity contribution in [3.63, 3.8) is 0 Å². The third-order valence-corrected chi connectivity index (χ3v) is 4.34. The van der Waals surface area contributed by atoms with Crippen LogP contribution in [0.4, 0.5) is 0 Å². The van der Waals surface area contributed by atoms with E-state index in [1.807, 2.05) is 18.2 Å². The molecule has 0 fully saturated rings. The van der Waals surface area contributed by atoms with Gasteiger partial charge in [-0.1, -0.05) is 48.5 Å². The Morgan fingerprint density at radius 2 is 1.47 bits per heavy atom. The van der Waals surface area contributed by atoms with Crippen molar-refractivity contribution >= 4 is 15.5 Å². The third-order valence-electron chi connectivity index (χ3n) is 2.69. The quantitative estimate of drug-likeness (QED) is 0.525. The van der Waals surface area contributed by atoms with E-state index < -0.39 is 9.84 Å². The highest BCUT2D eigenvalue weighted by Crippen LogP contribution is 2.12. The number of benzene rings is 2. The minimum absolute atomic E-state index is 0.211. The van der Waals surface area contributed by atoms with Crippen LogP contribution in [0.5, 0.6) is 0 Å². The second-order valence-corrected chi connectivity index (χ2v) is 6.00. The fraction of sp³-hybridized carbons (Fsp3) is 0.0714. The van der Waals surface area contributed by atoms with Crippen molar-refractivity contribution in [2.24, 2.45) is 10.9 Å². The first-order valence-electron chi connectivity index (χ1n) is 5.73. The van der Waals surface area contributed by atoms with Crippen LogP contribution in [0.1, 0.15) is 5.56 Å². The molecular weight excluding hydrogens is 260 g/mol. The fourth-order valence-electron chi connectivity index (χ4n) is 1.72. The third kappa shape index (κ3) is 3.20. The lowest BCUT2D eigenvalue weighted by atomic mass is 10.1. The molecular formula is C14H14N2O2S. The number of hydrogen-bond acceptors (Lipinski definition) is 4. The van der Waals surface area contributed by atoms with Crippen molar-refractivity contribution in [3.8, 4) is 0 Å². The van der Waals surface area contributed by atoms with Gasteiger partial charge < -0.3 is 5.84 Å². The first-order valence-corrected chi connectivity index (χ1v) is 7.39. The number of rotatable bonds is 4. The molecule has 0 unspecified atom stereocenters. The molecule has 2 aromatic rings. The highest BCUT2D eigenvalue weighted by atomic mass is 32.2. The van der Waals surface area contributed by atoms with Gasteiger partial charge in [-0.25, -0.2) is 8.42 Å². The summed E-state index contributed by atoms with van der Waals surface area (Å²) in [5.74, 6) is 5.10. The Morgan fingerprint density at radius 1 is 0.947 bits per heavy atom. The van der Waals surface area contributed by atoms with Gasteiger partial charge in [-0.15, -0.1) is 0 Å². The summed E-state index contributed by atoms with van der Waals surface area (Å²) in [5.41, 5.74) is 1.06. The fourth-order valence-corrected chi connectivity index (χ4v) is 3.06. The number of hydrogen-bond donors (Lipinski definition) is 1. The summed E-state index contributed by atoms with van der Waals surface area (Å²) >= 11 is 0. The second-order valence-electron chi connectivity index (χ2n) is 4.01. The molecule has 98 valence electrons. The van der Waals surface area contributed by atoms with E-state index in [0.29, 0.717) is 11.3 Å². The van der Waals surface area contributed by atoms with Gasteiger partial charge in [-0.2, -0.15) is 5.10 Å². The lowest BCUT2D eigenvalue weighted by Crippen LogP contribution is -2.18. The van der Waals surface area contributed by atoms with Crippen LogP contribution in [-0.2, 0) is 9.84 Å². The van der Waals surface area contributed by atoms with Crippen LogP contribution in [0.25, 0.3) is 0 Å². The minimum Gasteiger partial charge on any atom is -0.323 e. The van der Waals surface area contributed by atoms with Crippen LogP contribution in [-0.4, -0.2) is 19.9 Å². The van der Waals surface area contributed by atoms with Gasteiger partial charge in [0.25, 0.3) is 0 Å². The first-order chi connectivity index (χ1) is 9.13. The molecule has 0 atom stereocenters. The van der Waals surface area contributed by atoms with E-state index >= 15 is 0 Å². The highest BCUT2D eigenvalue weighted by Gasteiger charge is 2.18. The zero-order valence-corrected chi connectivity index (χ0v) is 11.0. The molecule has 0 aromatic heterocycles. The number of hydrazone groups is 1. The molecule has 0 spiro atoms. The molecule has 0 aliphatic rings.